The molecule has 0 radical (unpaired) electrons. The van der Waals surface area contributed by atoms with Crippen molar-refractivity contribution in [2.45, 2.75) is 6.42 Å². The third-order valence-electron chi connectivity index (χ3n) is 4.45. The Morgan fingerprint density at radius 2 is 1.52 bits per heavy atom. The number of para-hydroxylation sites is 1. The van der Waals surface area contributed by atoms with Gasteiger partial charge in [0.1, 0.15) is 0 Å². The number of nitrogens with one attached hydrogen (secondary N) is 1. The highest BCUT2D eigenvalue weighted by Gasteiger charge is 2.19. The lowest BCUT2D eigenvalue weighted by molar-refractivity contribution is 0.373. The van der Waals surface area contributed by atoms with Crippen LogP contribution in [0.2, 0.25) is 0 Å². The number of rotatable bonds is 4. The summed E-state index contributed by atoms with van der Waals surface area (Å²) in [6.45, 7) is 4.97. The molecule has 4 nitrogen and oxygen atoms in total. The Bertz CT molecular complexity index is 637. The third kappa shape index (κ3) is 5.63. The van der Waals surface area contributed by atoms with Gasteiger partial charge in [0, 0.05) is 45.5 Å². The van der Waals surface area contributed by atoms with E-state index in [1.165, 1.54) is 11.3 Å². The first-order valence-electron chi connectivity index (χ1n) is 8.66. The fraction of sp³-hybridized carbons (Fsp3) is 0.350. The molecule has 0 bridgehead atoms. The largest absolute Gasteiger partial charge is 0.368 e. The van der Waals surface area contributed by atoms with Gasteiger partial charge in [0.15, 0.2) is 5.96 Å². The maximum Gasteiger partial charge on any atom is 0.193 e. The second kappa shape index (κ2) is 10.3. The fourth-order valence-electron chi connectivity index (χ4n) is 3.11. The van der Waals surface area contributed by atoms with E-state index >= 15 is 0 Å². The van der Waals surface area contributed by atoms with Crippen molar-refractivity contribution >= 4 is 35.6 Å². The topological polar surface area (TPSA) is 30.9 Å². The number of anilines is 1. The van der Waals surface area contributed by atoms with E-state index in [4.69, 9.17) is 0 Å². The van der Waals surface area contributed by atoms with Crippen molar-refractivity contribution in [1.82, 2.24) is 10.2 Å². The first-order chi connectivity index (χ1) is 11.9. The van der Waals surface area contributed by atoms with Gasteiger partial charge in [0.2, 0.25) is 0 Å². The number of hydrogen-bond donors (Lipinski definition) is 1. The predicted molar refractivity (Wildman–Crippen MR) is 117 cm³/mol. The molecule has 0 aliphatic carbocycles. The van der Waals surface area contributed by atoms with Gasteiger partial charge < -0.3 is 15.1 Å². The molecule has 5 heteroatoms. The molecule has 0 unspecified atom stereocenters. The number of halogens is 1. The Kier molecular flexibility index (Phi) is 8.04. The van der Waals surface area contributed by atoms with Crippen LogP contribution in [0, 0.1) is 0 Å². The molecule has 1 saturated heterocycles. The van der Waals surface area contributed by atoms with Gasteiger partial charge in [0.25, 0.3) is 0 Å². The van der Waals surface area contributed by atoms with Crippen molar-refractivity contribution in [1.29, 1.82) is 0 Å². The number of guanidine groups is 1. The molecule has 1 N–H and O–H groups in total. The summed E-state index contributed by atoms with van der Waals surface area (Å²) in [5.74, 6) is 1.01. The lowest BCUT2D eigenvalue weighted by Crippen LogP contribution is -2.52. The maximum absolute atomic E-state index is 4.45. The third-order valence-corrected chi connectivity index (χ3v) is 4.45. The van der Waals surface area contributed by atoms with E-state index in [9.17, 15) is 0 Å². The fourth-order valence-corrected chi connectivity index (χ4v) is 3.11. The standard InChI is InChI=1S/C20H26N4.HI/c1-21-20(22-13-12-18-8-4-2-5-9-18)24-16-14-23(15-17-24)19-10-6-3-7-11-19;/h2-11H,12-17H2,1H3,(H,21,22);1H. The van der Waals surface area contributed by atoms with Crippen LogP contribution in [0.4, 0.5) is 5.69 Å². The van der Waals surface area contributed by atoms with Crippen molar-refractivity contribution in [2.75, 3.05) is 44.7 Å². The Hall–Kier alpha value is -1.76. The van der Waals surface area contributed by atoms with Gasteiger partial charge in [-0.1, -0.05) is 48.5 Å². The molecule has 1 fully saturated rings. The van der Waals surface area contributed by atoms with Crippen molar-refractivity contribution in [2.24, 2.45) is 4.99 Å². The van der Waals surface area contributed by atoms with Gasteiger partial charge in [-0.15, -0.1) is 24.0 Å². The van der Waals surface area contributed by atoms with Crippen LogP contribution >= 0.6 is 24.0 Å². The highest BCUT2D eigenvalue weighted by molar-refractivity contribution is 14.0. The summed E-state index contributed by atoms with van der Waals surface area (Å²) in [6, 6.07) is 21.2. The molecule has 0 aromatic heterocycles. The van der Waals surface area contributed by atoms with E-state index < -0.39 is 0 Å². The molecule has 1 heterocycles. The highest BCUT2D eigenvalue weighted by atomic mass is 127. The average molecular weight is 450 g/mol. The minimum Gasteiger partial charge on any atom is -0.368 e. The van der Waals surface area contributed by atoms with Crippen LogP contribution < -0.4 is 10.2 Å². The van der Waals surface area contributed by atoms with E-state index in [1.54, 1.807) is 0 Å². The van der Waals surface area contributed by atoms with Crippen LogP contribution in [0.3, 0.4) is 0 Å². The molecule has 1 aliphatic heterocycles. The van der Waals surface area contributed by atoms with E-state index in [-0.39, 0.29) is 24.0 Å². The Balaban J connectivity index is 0.00000225. The van der Waals surface area contributed by atoms with Gasteiger partial charge in [-0.05, 0) is 24.1 Å². The normalized spacial score (nSPS) is 14.8. The van der Waals surface area contributed by atoms with Gasteiger partial charge in [0.05, 0.1) is 0 Å². The summed E-state index contributed by atoms with van der Waals surface area (Å²) >= 11 is 0. The smallest absolute Gasteiger partial charge is 0.193 e. The minimum atomic E-state index is 0. The molecule has 2 aromatic rings. The van der Waals surface area contributed by atoms with Crippen LogP contribution in [0.25, 0.3) is 0 Å². The zero-order valence-corrected chi connectivity index (χ0v) is 17.1. The van der Waals surface area contributed by atoms with E-state index in [0.29, 0.717) is 0 Å². The second-order valence-corrected chi connectivity index (χ2v) is 6.02. The van der Waals surface area contributed by atoms with Crippen molar-refractivity contribution in [3.63, 3.8) is 0 Å². The summed E-state index contributed by atoms with van der Waals surface area (Å²) in [5.41, 5.74) is 2.67. The first kappa shape index (κ1) is 19.6. The molecule has 134 valence electrons. The summed E-state index contributed by atoms with van der Waals surface area (Å²) in [4.78, 5) is 9.24. The maximum atomic E-state index is 4.45. The molecular weight excluding hydrogens is 423 g/mol. The van der Waals surface area contributed by atoms with Crippen molar-refractivity contribution < 1.29 is 0 Å². The molecule has 0 atom stereocenters. The van der Waals surface area contributed by atoms with E-state index in [1.807, 2.05) is 7.05 Å². The second-order valence-electron chi connectivity index (χ2n) is 6.02. The lowest BCUT2D eigenvalue weighted by atomic mass is 10.1. The Labute approximate surface area is 168 Å². The minimum absolute atomic E-state index is 0. The van der Waals surface area contributed by atoms with Crippen LogP contribution in [0.5, 0.6) is 0 Å². The number of nitrogens with zero attached hydrogens (tertiary/aromatic N) is 3. The molecule has 25 heavy (non-hydrogen) atoms. The van der Waals surface area contributed by atoms with Crippen LogP contribution in [-0.4, -0.2) is 50.6 Å². The predicted octanol–water partition coefficient (Wildman–Crippen LogP) is 3.24. The zero-order chi connectivity index (χ0) is 16.6. The van der Waals surface area contributed by atoms with Gasteiger partial charge in [-0.2, -0.15) is 0 Å². The molecule has 1 aliphatic rings. The Morgan fingerprint density at radius 1 is 0.920 bits per heavy atom. The summed E-state index contributed by atoms with van der Waals surface area (Å²) in [7, 11) is 1.87. The summed E-state index contributed by atoms with van der Waals surface area (Å²) < 4.78 is 0. The SMILES string of the molecule is CN=C(NCCc1ccccc1)N1CCN(c2ccccc2)CC1.I. The zero-order valence-electron chi connectivity index (χ0n) is 14.8. The first-order valence-corrected chi connectivity index (χ1v) is 8.66. The van der Waals surface area contributed by atoms with Crippen LogP contribution in [0.1, 0.15) is 5.56 Å². The molecule has 0 saturated carbocycles. The average Bonchev–Trinajstić information content (AvgIpc) is 2.67. The molecule has 2 aromatic carbocycles. The number of aliphatic imine (C=N–C) groups is 1. The van der Waals surface area contributed by atoms with Crippen LogP contribution in [-0.2, 0) is 6.42 Å². The summed E-state index contributed by atoms with van der Waals surface area (Å²) in [6.07, 6.45) is 1.02. The highest BCUT2D eigenvalue weighted by Crippen LogP contribution is 2.15. The van der Waals surface area contributed by atoms with E-state index in [0.717, 1.165) is 45.1 Å². The van der Waals surface area contributed by atoms with Crippen LogP contribution in [0.15, 0.2) is 65.7 Å². The molecule has 0 amide bonds. The lowest BCUT2D eigenvalue weighted by Gasteiger charge is -2.37. The molecular formula is C20H27IN4. The Morgan fingerprint density at radius 3 is 2.12 bits per heavy atom. The monoisotopic (exact) mass is 450 g/mol. The van der Waals surface area contributed by atoms with Gasteiger partial charge in [-0.25, -0.2) is 0 Å². The van der Waals surface area contributed by atoms with Crippen molar-refractivity contribution in [3.8, 4) is 0 Å². The van der Waals surface area contributed by atoms with Gasteiger partial charge in [-0.3, -0.25) is 4.99 Å². The van der Waals surface area contributed by atoms with Gasteiger partial charge >= 0.3 is 0 Å². The number of benzene rings is 2. The molecule has 3 rings (SSSR count). The molecule has 0 spiro atoms. The number of hydrogen-bond acceptors (Lipinski definition) is 2. The quantitative estimate of drug-likeness (QED) is 0.441. The summed E-state index contributed by atoms with van der Waals surface area (Å²) in [5, 5.41) is 3.50. The number of piperazine rings is 1. The van der Waals surface area contributed by atoms with E-state index in [2.05, 4.69) is 80.8 Å². The van der Waals surface area contributed by atoms with Crippen molar-refractivity contribution in [3.05, 3.63) is 66.2 Å².